The molecule has 2 rings (SSSR count). The molecule has 0 fully saturated rings. The van der Waals surface area contributed by atoms with E-state index in [1.807, 2.05) is 12.1 Å². The molecule has 0 heterocycles. The Morgan fingerprint density at radius 3 is 1.79 bits per heavy atom. The molecule has 0 aromatic heterocycles. The zero-order chi connectivity index (χ0) is 17.5. The minimum atomic E-state index is -0.0649. The first-order valence-corrected chi connectivity index (χ1v) is 7.36. The monoisotopic (exact) mass is 334 g/mol. The number of aliphatic hydroxyl groups is 1. The summed E-state index contributed by atoms with van der Waals surface area (Å²) in [6.45, 7) is 0.215. The van der Waals surface area contributed by atoms with Crippen LogP contribution in [0.3, 0.4) is 0 Å². The van der Waals surface area contributed by atoms with Crippen molar-refractivity contribution in [2.45, 2.75) is 13.2 Å². The van der Waals surface area contributed by atoms with E-state index >= 15 is 0 Å². The molecule has 0 saturated carbocycles. The van der Waals surface area contributed by atoms with Gasteiger partial charge in [0.15, 0.2) is 23.0 Å². The van der Waals surface area contributed by atoms with Gasteiger partial charge in [0.1, 0.15) is 6.61 Å². The molecule has 0 amide bonds. The normalized spacial score (nSPS) is 10.2. The van der Waals surface area contributed by atoms with Crippen LogP contribution in [0.2, 0.25) is 0 Å². The van der Waals surface area contributed by atoms with Crippen molar-refractivity contribution in [2.24, 2.45) is 0 Å². The van der Waals surface area contributed by atoms with Crippen molar-refractivity contribution in [1.82, 2.24) is 0 Å². The lowest BCUT2D eigenvalue weighted by molar-refractivity contribution is 0.270. The summed E-state index contributed by atoms with van der Waals surface area (Å²) in [6.07, 6.45) is 0. The molecule has 0 aliphatic heterocycles. The highest BCUT2D eigenvalue weighted by atomic mass is 16.5. The van der Waals surface area contributed by atoms with Gasteiger partial charge in [0.25, 0.3) is 0 Å². The number of methoxy groups -OCH3 is 4. The number of benzene rings is 2. The smallest absolute Gasteiger partial charge is 0.203 e. The van der Waals surface area contributed by atoms with Crippen LogP contribution in [0.5, 0.6) is 28.7 Å². The third kappa shape index (κ3) is 3.83. The molecule has 0 aliphatic carbocycles. The summed E-state index contributed by atoms with van der Waals surface area (Å²) in [5.74, 6) is 2.80. The van der Waals surface area contributed by atoms with Crippen LogP contribution in [0, 0.1) is 0 Å². The molecule has 6 nitrogen and oxygen atoms in total. The van der Waals surface area contributed by atoms with Crippen molar-refractivity contribution < 1.29 is 28.8 Å². The summed E-state index contributed by atoms with van der Waals surface area (Å²) in [5.41, 5.74) is 1.59. The van der Waals surface area contributed by atoms with Gasteiger partial charge in [0.05, 0.1) is 35.0 Å². The number of ether oxygens (including phenoxy) is 5. The molecule has 0 atom stereocenters. The molecule has 6 heteroatoms. The van der Waals surface area contributed by atoms with Gasteiger partial charge < -0.3 is 28.8 Å². The Labute approximate surface area is 141 Å². The summed E-state index contributed by atoms with van der Waals surface area (Å²) >= 11 is 0. The van der Waals surface area contributed by atoms with Crippen LogP contribution in [0.1, 0.15) is 11.1 Å². The lowest BCUT2D eigenvalue weighted by Gasteiger charge is -2.15. The Kier molecular flexibility index (Phi) is 6.14. The van der Waals surface area contributed by atoms with Crippen LogP contribution in [0.25, 0.3) is 0 Å². The van der Waals surface area contributed by atoms with Crippen LogP contribution in [-0.2, 0) is 13.2 Å². The average Bonchev–Trinajstić information content (AvgIpc) is 2.64. The second kappa shape index (κ2) is 8.31. The van der Waals surface area contributed by atoms with Crippen molar-refractivity contribution >= 4 is 0 Å². The summed E-state index contributed by atoms with van der Waals surface area (Å²) in [7, 11) is 6.26. The molecule has 0 saturated heterocycles. The lowest BCUT2D eigenvalue weighted by atomic mass is 10.2. The molecule has 0 unspecified atom stereocenters. The fourth-order valence-electron chi connectivity index (χ4n) is 2.31. The largest absolute Gasteiger partial charge is 0.493 e. The molecule has 2 aromatic carbocycles. The van der Waals surface area contributed by atoms with Crippen molar-refractivity contribution in [3.8, 4) is 28.7 Å². The zero-order valence-electron chi connectivity index (χ0n) is 14.3. The molecule has 2 aromatic rings. The molecular formula is C18H22O6. The van der Waals surface area contributed by atoms with E-state index in [1.165, 1.54) is 0 Å². The van der Waals surface area contributed by atoms with Gasteiger partial charge in [-0.25, -0.2) is 0 Å². The zero-order valence-corrected chi connectivity index (χ0v) is 14.3. The van der Waals surface area contributed by atoms with E-state index < -0.39 is 0 Å². The topological polar surface area (TPSA) is 66.4 Å². The number of hydrogen-bond donors (Lipinski definition) is 1. The average molecular weight is 334 g/mol. The van der Waals surface area contributed by atoms with E-state index in [0.29, 0.717) is 28.7 Å². The first-order valence-electron chi connectivity index (χ1n) is 7.36. The minimum absolute atomic E-state index is 0.0649. The number of aliphatic hydroxyl groups excluding tert-OH is 1. The Hall–Kier alpha value is -2.60. The Balaban J connectivity index is 2.26. The van der Waals surface area contributed by atoms with Crippen LogP contribution < -0.4 is 23.7 Å². The first-order chi connectivity index (χ1) is 11.7. The van der Waals surface area contributed by atoms with E-state index in [4.69, 9.17) is 23.7 Å². The fourth-order valence-corrected chi connectivity index (χ4v) is 2.31. The maximum absolute atomic E-state index is 9.26. The third-order valence-electron chi connectivity index (χ3n) is 3.53. The van der Waals surface area contributed by atoms with Gasteiger partial charge in [-0.2, -0.15) is 0 Å². The highest BCUT2D eigenvalue weighted by molar-refractivity contribution is 5.54. The lowest BCUT2D eigenvalue weighted by Crippen LogP contribution is -2.01. The summed E-state index contributed by atoms with van der Waals surface area (Å²) in [5, 5.41) is 9.26. The summed E-state index contributed by atoms with van der Waals surface area (Å²) < 4.78 is 27.1. The van der Waals surface area contributed by atoms with Gasteiger partial charge in [0.2, 0.25) is 5.75 Å². The Morgan fingerprint density at radius 1 is 0.708 bits per heavy atom. The second-order valence-electron chi connectivity index (χ2n) is 4.97. The fraction of sp³-hybridized carbons (Fsp3) is 0.333. The first kappa shape index (κ1) is 17.7. The highest BCUT2D eigenvalue weighted by Crippen LogP contribution is 2.38. The third-order valence-corrected chi connectivity index (χ3v) is 3.53. The van der Waals surface area contributed by atoms with E-state index in [9.17, 15) is 5.11 Å². The van der Waals surface area contributed by atoms with Gasteiger partial charge in [-0.1, -0.05) is 6.07 Å². The van der Waals surface area contributed by atoms with Crippen LogP contribution in [-0.4, -0.2) is 33.5 Å². The van der Waals surface area contributed by atoms with Crippen LogP contribution in [0.15, 0.2) is 30.3 Å². The SMILES string of the molecule is COc1ccc(CO)cc1OCc1cc(OC)c(OC)c(OC)c1. The molecule has 0 aliphatic rings. The molecule has 24 heavy (non-hydrogen) atoms. The predicted molar refractivity (Wildman–Crippen MR) is 89.3 cm³/mol. The quantitative estimate of drug-likeness (QED) is 0.801. The minimum Gasteiger partial charge on any atom is -0.493 e. The van der Waals surface area contributed by atoms with Gasteiger partial charge in [-0.05, 0) is 35.4 Å². The summed E-state index contributed by atoms with van der Waals surface area (Å²) in [6, 6.07) is 8.94. The van der Waals surface area contributed by atoms with E-state index in [2.05, 4.69) is 0 Å². The Morgan fingerprint density at radius 2 is 1.29 bits per heavy atom. The highest BCUT2D eigenvalue weighted by Gasteiger charge is 2.14. The van der Waals surface area contributed by atoms with Gasteiger partial charge >= 0.3 is 0 Å². The number of hydrogen-bond acceptors (Lipinski definition) is 6. The molecule has 0 radical (unpaired) electrons. The van der Waals surface area contributed by atoms with E-state index in [1.54, 1.807) is 46.6 Å². The standard InChI is InChI=1S/C18H22O6/c1-20-14-6-5-12(10-19)7-15(14)24-11-13-8-16(21-2)18(23-4)17(9-13)22-3/h5-9,19H,10-11H2,1-4H3. The predicted octanol–water partition coefficient (Wildman–Crippen LogP) is 2.79. The van der Waals surface area contributed by atoms with Crippen LogP contribution >= 0.6 is 0 Å². The van der Waals surface area contributed by atoms with Gasteiger partial charge in [-0.3, -0.25) is 0 Å². The van der Waals surface area contributed by atoms with Crippen molar-refractivity contribution in [3.63, 3.8) is 0 Å². The van der Waals surface area contributed by atoms with Crippen LogP contribution in [0.4, 0.5) is 0 Å². The second-order valence-corrected chi connectivity index (χ2v) is 4.97. The molecule has 130 valence electrons. The molecule has 0 bridgehead atoms. The maximum Gasteiger partial charge on any atom is 0.203 e. The molecular weight excluding hydrogens is 312 g/mol. The van der Waals surface area contributed by atoms with E-state index in [0.717, 1.165) is 11.1 Å². The summed E-state index contributed by atoms with van der Waals surface area (Å²) in [4.78, 5) is 0. The Bertz CT molecular complexity index is 658. The van der Waals surface area contributed by atoms with Crippen molar-refractivity contribution in [3.05, 3.63) is 41.5 Å². The van der Waals surface area contributed by atoms with Gasteiger partial charge in [0, 0.05) is 0 Å². The maximum atomic E-state index is 9.26. The van der Waals surface area contributed by atoms with Crippen molar-refractivity contribution in [2.75, 3.05) is 28.4 Å². The van der Waals surface area contributed by atoms with Gasteiger partial charge in [-0.15, -0.1) is 0 Å². The molecule has 1 N–H and O–H groups in total. The molecule has 0 spiro atoms. The van der Waals surface area contributed by atoms with Crippen molar-refractivity contribution in [1.29, 1.82) is 0 Å². The van der Waals surface area contributed by atoms with E-state index in [-0.39, 0.29) is 13.2 Å². The number of rotatable bonds is 8.